The van der Waals surface area contributed by atoms with Gasteiger partial charge in [-0.25, -0.2) is 4.98 Å². The van der Waals surface area contributed by atoms with E-state index in [0.29, 0.717) is 5.69 Å². The molecule has 0 saturated heterocycles. The molecule has 0 saturated carbocycles. The Labute approximate surface area is 126 Å². The van der Waals surface area contributed by atoms with Crippen LogP contribution < -0.4 is 5.32 Å². The van der Waals surface area contributed by atoms with Crippen LogP contribution in [0, 0.1) is 0 Å². The predicted octanol–water partition coefficient (Wildman–Crippen LogP) is 3.97. The van der Waals surface area contributed by atoms with E-state index >= 15 is 0 Å². The van der Waals surface area contributed by atoms with E-state index in [-0.39, 0.29) is 5.91 Å². The highest BCUT2D eigenvalue weighted by Crippen LogP contribution is 2.25. The third-order valence-corrected chi connectivity index (χ3v) is 3.65. The van der Waals surface area contributed by atoms with E-state index in [1.54, 1.807) is 6.20 Å². The third kappa shape index (κ3) is 2.11. The number of anilines is 1. The van der Waals surface area contributed by atoms with Crippen LogP contribution in [-0.2, 0) is 0 Å². The molecule has 0 radical (unpaired) electrons. The average Bonchev–Trinajstić information content (AvgIpc) is 2.93. The minimum Gasteiger partial charge on any atom is -0.353 e. The number of aromatic amines is 1. The zero-order valence-corrected chi connectivity index (χ0v) is 11.7. The number of fused-ring (bicyclic) bond motifs is 3. The quantitative estimate of drug-likeness (QED) is 0.586. The van der Waals surface area contributed by atoms with E-state index in [0.717, 1.165) is 27.5 Å². The van der Waals surface area contributed by atoms with Crippen molar-refractivity contribution in [3.8, 4) is 0 Å². The maximum Gasteiger partial charge on any atom is 0.274 e. The lowest BCUT2D eigenvalue weighted by molar-refractivity contribution is 0.102. The molecule has 22 heavy (non-hydrogen) atoms. The summed E-state index contributed by atoms with van der Waals surface area (Å²) < 4.78 is 0. The van der Waals surface area contributed by atoms with Gasteiger partial charge in [-0.05, 0) is 24.3 Å². The van der Waals surface area contributed by atoms with Crippen LogP contribution in [0.25, 0.3) is 21.8 Å². The van der Waals surface area contributed by atoms with Crippen LogP contribution in [0.15, 0.2) is 66.9 Å². The zero-order valence-electron chi connectivity index (χ0n) is 11.7. The van der Waals surface area contributed by atoms with Gasteiger partial charge >= 0.3 is 0 Å². The van der Waals surface area contributed by atoms with Gasteiger partial charge in [-0.2, -0.15) is 0 Å². The second kappa shape index (κ2) is 5.00. The highest BCUT2D eigenvalue weighted by molar-refractivity contribution is 6.10. The summed E-state index contributed by atoms with van der Waals surface area (Å²) in [6, 6.07) is 19.2. The molecule has 0 spiro atoms. The highest BCUT2D eigenvalue weighted by atomic mass is 16.1. The van der Waals surface area contributed by atoms with Gasteiger partial charge in [0.1, 0.15) is 5.69 Å². The van der Waals surface area contributed by atoms with Gasteiger partial charge in [-0.1, -0.05) is 36.4 Å². The predicted molar refractivity (Wildman–Crippen MR) is 88.0 cm³/mol. The summed E-state index contributed by atoms with van der Waals surface area (Å²) in [6.45, 7) is 0. The summed E-state index contributed by atoms with van der Waals surface area (Å²) in [7, 11) is 0. The standard InChI is InChI=1S/C18H13N3O/c22-18(20-12-6-2-1-3-7-12)16-10-14-13-8-4-5-9-15(13)21-17(14)11-19-16/h1-11,21H,(H,20,22). The summed E-state index contributed by atoms with van der Waals surface area (Å²) in [5.41, 5.74) is 3.13. The Bertz CT molecular complexity index is 973. The molecule has 0 aliphatic carbocycles. The first-order valence-electron chi connectivity index (χ1n) is 7.04. The fraction of sp³-hybridized carbons (Fsp3) is 0. The number of pyridine rings is 1. The van der Waals surface area contributed by atoms with Gasteiger partial charge in [0.25, 0.3) is 5.91 Å². The van der Waals surface area contributed by atoms with Crippen LogP contribution in [0.4, 0.5) is 5.69 Å². The molecule has 0 aliphatic heterocycles. The lowest BCUT2D eigenvalue weighted by atomic mass is 10.1. The maximum absolute atomic E-state index is 12.3. The molecule has 2 heterocycles. The Kier molecular flexibility index (Phi) is 2.86. The molecule has 2 aromatic carbocycles. The number of hydrogen-bond donors (Lipinski definition) is 2. The van der Waals surface area contributed by atoms with Crippen LogP contribution in [0.3, 0.4) is 0 Å². The molecule has 0 aliphatic rings. The number of nitrogens with one attached hydrogen (secondary N) is 2. The first kappa shape index (κ1) is 12.6. The van der Waals surface area contributed by atoms with Crippen molar-refractivity contribution in [3.05, 3.63) is 72.6 Å². The molecule has 4 nitrogen and oxygen atoms in total. The number of amides is 1. The van der Waals surface area contributed by atoms with Crippen LogP contribution in [-0.4, -0.2) is 15.9 Å². The van der Waals surface area contributed by atoms with Crippen LogP contribution in [0.2, 0.25) is 0 Å². The molecule has 0 bridgehead atoms. The maximum atomic E-state index is 12.3. The van der Waals surface area contributed by atoms with Gasteiger partial charge < -0.3 is 10.3 Å². The first-order valence-corrected chi connectivity index (χ1v) is 7.04. The van der Waals surface area contributed by atoms with E-state index in [2.05, 4.69) is 15.3 Å². The SMILES string of the molecule is O=C(Nc1ccccc1)c1cc2c(cn1)[nH]c1ccccc12. The lowest BCUT2D eigenvalue weighted by Crippen LogP contribution is -2.13. The van der Waals surface area contributed by atoms with Crippen molar-refractivity contribution >= 4 is 33.4 Å². The molecule has 2 N–H and O–H groups in total. The number of carbonyl (C=O) groups excluding carboxylic acids is 1. The van der Waals surface area contributed by atoms with Gasteiger partial charge in [-0.3, -0.25) is 4.79 Å². The highest BCUT2D eigenvalue weighted by Gasteiger charge is 2.11. The number of hydrogen-bond acceptors (Lipinski definition) is 2. The molecule has 1 amide bonds. The molecule has 0 unspecified atom stereocenters. The summed E-state index contributed by atoms with van der Waals surface area (Å²) in [4.78, 5) is 19.9. The van der Waals surface area contributed by atoms with E-state index in [9.17, 15) is 4.79 Å². The molecule has 2 aromatic heterocycles. The summed E-state index contributed by atoms with van der Waals surface area (Å²) in [5, 5.41) is 4.95. The topological polar surface area (TPSA) is 57.8 Å². The minimum absolute atomic E-state index is 0.210. The second-order valence-electron chi connectivity index (χ2n) is 5.11. The molecule has 106 valence electrons. The third-order valence-electron chi connectivity index (χ3n) is 3.65. The van der Waals surface area contributed by atoms with Crippen molar-refractivity contribution in [2.45, 2.75) is 0 Å². The molecular formula is C18H13N3O. The van der Waals surface area contributed by atoms with Crippen molar-refractivity contribution < 1.29 is 4.79 Å². The molecule has 4 aromatic rings. The van der Waals surface area contributed by atoms with Crippen molar-refractivity contribution in [2.75, 3.05) is 5.32 Å². The molecule has 0 atom stereocenters. The average molecular weight is 287 g/mol. The summed E-state index contributed by atoms with van der Waals surface area (Å²) in [6.07, 6.45) is 1.70. The Morgan fingerprint density at radius 3 is 2.55 bits per heavy atom. The van der Waals surface area contributed by atoms with Crippen LogP contribution >= 0.6 is 0 Å². The monoisotopic (exact) mass is 287 g/mol. The number of benzene rings is 2. The molecule has 0 fully saturated rings. The minimum atomic E-state index is -0.210. The summed E-state index contributed by atoms with van der Waals surface area (Å²) in [5.74, 6) is -0.210. The Morgan fingerprint density at radius 1 is 0.909 bits per heavy atom. The van der Waals surface area contributed by atoms with E-state index in [1.165, 1.54) is 0 Å². The van der Waals surface area contributed by atoms with Crippen molar-refractivity contribution in [2.24, 2.45) is 0 Å². The van der Waals surface area contributed by atoms with Crippen molar-refractivity contribution in [1.29, 1.82) is 0 Å². The largest absolute Gasteiger partial charge is 0.353 e. The van der Waals surface area contributed by atoms with E-state index in [1.807, 2.05) is 60.7 Å². The Hall–Kier alpha value is -3.14. The van der Waals surface area contributed by atoms with Crippen LogP contribution in [0.5, 0.6) is 0 Å². The smallest absolute Gasteiger partial charge is 0.274 e. The fourth-order valence-electron chi connectivity index (χ4n) is 2.59. The lowest BCUT2D eigenvalue weighted by Gasteiger charge is -2.04. The van der Waals surface area contributed by atoms with Gasteiger partial charge in [0.15, 0.2) is 0 Å². The van der Waals surface area contributed by atoms with Gasteiger partial charge in [0, 0.05) is 22.0 Å². The number of nitrogens with zero attached hydrogens (tertiary/aromatic N) is 1. The number of H-pyrrole nitrogens is 1. The Balaban J connectivity index is 1.75. The first-order chi connectivity index (χ1) is 10.8. The van der Waals surface area contributed by atoms with Crippen LogP contribution in [0.1, 0.15) is 10.5 Å². The van der Waals surface area contributed by atoms with E-state index in [4.69, 9.17) is 0 Å². The van der Waals surface area contributed by atoms with Gasteiger partial charge in [-0.15, -0.1) is 0 Å². The van der Waals surface area contributed by atoms with Gasteiger partial charge in [0.05, 0.1) is 11.7 Å². The zero-order chi connectivity index (χ0) is 14.9. The normalized spacial score (nSPS) is 10.9. The van der Waals surface area contributed by atoms with Crippen molar-refractivity contribution in [1.82, 2.24) is 9.97 Å². The number of rotatable bonds is 2. The summed E-state index contributed by atoms with van der Waals surface area (Å²) >= 11 is 0. The van der Waals surface area contributed by atoms with Crippen molar-refractivity contribution in [3.63, 3.8) is 0 Å². The number of aromatic nitrogens is 2. The molecule has 4 rings (SSSR count). The fourth-order valence-corrected chi connectivity index (χ4v) is 2.59. The molecular weight excluding hydrogens is 274 g/mol. The van der Waals surface area contributed by atoms with E-state index < -0.39 is 0 Å². The van der Waals surface area contributed by atoms with Gasteiger partial charge in [0.2, 0.25) is 0 Å². The molecule has 4 heteroatoms. The number of carbonyl (C=O) groups is 1. The Morgan fingerprint density at radius 2 is 1.68 bits per heavy atom. The number of para-hydroxylation sites is 2. The second-order valence-corrected chi connectivity index (χ2v) is 5.11.